The predicted molar refractivity (Wildman–Crippen MR) is 106 cm³/mol. The van der Waals surface area contributed by atoms with Crippen molar-refractivity contribution >= 4 is 23.1 Å². The van der Waals surface area contributed by atoms with Crippen LogP contribution in [0.3, 0.4) is 0 Å². The average Bonchev–Trinajstić information content (AvgIpc) is 3.36. The van der Waals surface area contributed by atoms with Crippen molar-refractivity contribution in [2.24, 2.45) is 0 Å². The molecule has 1 aliphatic rings. The van der Waals surface area contributed by atoms with Crippen LogP contribution in [-0.2, 0) is 16.1 Å². The molecule has 156 valence electrons. The summed E-state index contributed by atoms with van der Waals surface area (Å²) in [6, 6.07) is 12.5. The van der Waals surface area contributed by atoms with Gasteiger partial charge < -0.3 is 14.4 Å². The number of carbonyl (C=O) groups excluding carboxylic acids is 2. The first-order chi connectivity index (χ1) is 14.9. The highest BCUT2D eigenvalue weighted by Gasteiger charge is 2.46. The maximum absolute atomic E-state index is 13.5. The SMILES string of the molecule is O=C1C(=O)N(Cc2ccco2)C(c2ccc(F)cc2)/C1=C(/O)c1cccc([N+](=O)[O-])c1. The van der Waals surface area contributed by atoms with E-state index in [-0.39, 0.29) is 23.4 Å². The zero-order valence-corrected chi connectivity index (χ0v) is 15.9. The molecule has 0 bridgehead atoms. The van der Waals surface area contributed by atoms with Gasteiger partial charge in [-0.15, -0.1) is 0 Å². The lowest BCUT2D eigenvalue weighted by atomic mass is 9.95. The Morgan fingerprint density at radius 1 is 1.13 bits per heavy atom. The van der Waals surface area contributed by atoms with Crippen LogP contribution < -0.4 is 0 Å². The number of furan rings is 1. The number of halogens is 1. The minimum Gasteiger partial charge on any atom is -0.507 e. The van der Waals surface area contributed by atoms with E-state index in [0.717, 1.165) is 6.07 Å². The minimum absolute atomic E-state index is 0.0114. The van der Waals surface area contributed by atoms with Gasteiger partial charge in [0.1, 0.15) is 17.3 Å². The van der Waals surface area contributed by atoms with Crippen LogP contribution >= 0.6 is 0 Å². The number of amides is 1. The monoisotopic (exact) mass is 422 g/mol. The van der Waals surface area contributed by atoms with Gasteiger partial charge in [0, 0.05) is 17.7 Å². The van der Waals surface area contributed by atoms with E-state index in [4.69, 9.17) is 4.42 Å². The highest BCUT2D eigenvalue weighted by atomic mass is 19.1. The maximum atomic E-state index is 13.5. The number of rotatable bonds is 5. The third kappa shape index (κ3) is 3.68. The fourth-order valence-corrected chi connectivity index (χ4v) is 3.53. The standard InChI is InChI=1S/C22H15FN2O6/c23-15-8-6-13(7-9-15)19-18(20(26)14-3-1-4-16(11-14)25(29)30)21(27)22(28)24(19)12-17-5-2-10-31-17/h1-11,19,26H,12H2/b20-18-. The van der Waals surface area contributed by atoms with Gasteiger partial charge in [0.05, 0.1) is 29.3 Å². The average molecular weight is 422 g/mol. The van der Waals surface area contributed by atoms with Crippen LogP contribution in [0.2, 0.25) is 0 Å². The molecule has 3 aromatic rings. The van der Waals surface area contributed by atoms with E-state index < -0.39 is 34.2 Å². The first-order valence-corrected chi connectivity index (χ1v) is 9.18. The van der Waals surface area contributed by atoms with Gasteiger partial charge in [-0.2, -0.15) is 0 Å². The quantitative estimate of drug-likeness (QED) is 0.219. The number of benzene rings is 2. The number of nitro groups is 1. The van der Waals surface area contributed by atoms with Gasteiger partial charge in [0.25, 0.3) is 17.4 Å². The number of hydrogen-bond donors (Lipinski definition) is 1. The van der Waals surface area contributed by atoms with Crippen molar-refractivity contribution in [2.75, 3.05) is 0 Å². The Labute approximate surface area is 175 Å². The summed E-state index contributed by atoms with van der Waals surface area (Å²) >= 11 is 0. The van der Waals surface area contributed by atoms with Crippen molar-refractivity contribution in [1.82, 2.24) is 4.90 Å². The number of ketones is 1. The second-order valence-electron chi connectivity index (χ2n) is 6.87. The number of nitro benzene ring substituents is 1. The molecule has 8 nitrogen and oxygen atoms in total. The van der Waals surface area contributed by atoms with Gasteiger partial charge in [-0.1, -0.05) is 24.3 Å². The third-order valence-electron chi connectivity index (χ3n) is 4.96. The van der Waals surface area contributed by atoms with Crippen molar-refractivity contribution in [1.29, 1.82) is 0 Å². The van der Waals surface area contributed by atoms with Crippen LogP contribution in [-0.4, -0.2) is 26.6 Å². The van der Waals surface area contributed by atoms with E-state index >= 15 is 0 Å². The van der Waals surface area contributed by atoms with Crippen molar-refractivity contribution in [3.05, 3.63) is 105 Å². The molecule has 0 saturated carbocycles. The molecule has 2 heterocycles. The number of likely N-dealkylation sites (tertiary alicyclic amines) is 1. The molecule has 1 aliphatic heterocycles. The number of non-ortho nitro benzene ring substituents is 1. The normalized spacial score (nSPS) is 17.8. The van der Waals surface area contributed by atoms with Crippen LogP contribution in [0.5, 0.6) is 0 Å². The Balaban J connectivity index is 1.87. The van der Waals surface area contributed by atoms with E-state index in [1.807, 2.05) is 0 Å². The summed E-state index contributed by atoms with van der Waals surface area (Å²) in [7, 11) is 0. The molecule has 1 saturated heterocycles. The molecule has 1 aromatic heterocycles. The van der Waals surface area contributed by atoms with Crippen molar-refractivity contribution in [3.63, 3.8) is 0 Å². The van der Waals surface area contributed by atoms with Crippen LogP contribution in [0.15, 0.2) is 76.9 Å². The lowest BCUT2D eigenvalue weighted by Crippen LogP contribution is -2.29. The molecular weight excluding hydrogens is 407 g/mol. The summed E-state index contributed by atoms with van der Waals surface area (Å²) in [5.74, 6) is -2.49. The lowest BCUT2D eigenvalue weighted by molar-refractivity contribution is -0.384. The summed E-state index contributed by atoms with van der Waals surface area (Å²) in [6.07, 6.45) is 1.42. The summed E-state index contributed by atoms with van der Waals surface area (Å²) < 4.78 is 18.8. The maximum Gasteiger partial charge on any atom is 0.296 e. The molecule has 1 N–H and O–H groups in total. The molecule has 1 amide bonds. The number of hydrogen-bond acceptors (Lipinski definition) is 6. The van der Waals surface area contributed by atoms with Gasteiger partial charge >= 0.3 is 0 Å². The van der Waals surface area contributed by atoms with E-state index in [1.54, 1.807) is 12.1 Å². The van der Waals surface area contributed by atoms with Gasteiger partial charge in [0.2, 0.25) is 0 Å². The Morgan fingerprint density at radius 2 is 1.87 bits per heavy atom. The number of nitrogens with zero attached hydrogens (tertiary/aromatic N) is 2. The van der Waals surface area contributed by atoms with Gasteiger partial charge in [-0.25, -0.2) is 4.39 Å². The predicted octanol–water partition coefficient (Wildman–Crippen LogP) is 3.95. The van der Waals surface area contributed by atoms with Crippen LogP contribution in [0, 0.1) is 15.9 Å². The summed E-state index contributed by atoms with van der Waals surface area (Å²) in [5, 5.41) is 22.0. The molecule has 0 radical (unpaired) electrons. The molecule has 31 heavy (non-hydrogen) atoms. The zero-order chi connectivity index (χ0) is 22.1. The summed E-state index contributed by atoms with van der Waals surface area (Å²) in [4.78, 5) is 37.4. The van der Waals surface area contributed by atoms with Gasteiger partial charge in [-0.3, -0.25) is 19.7 Å². The molecule has 1 atom stereocenters. The zero-order valence-electron chi connectivity index (χ0n) is 15.9. The topological polar surface area (TPSA) is 114 Å². The van der Waals surface area contributed by atoms with Gasteiger partial charge in [0.15, 0.2) is 0 Å². The van der Waals surface area contributed by atoms with E-state index in [9.17, 15) is 29.2 Å². The van der Waals surface area contributed by atoms with Crippen LogP contribution in [0.4, 0.5) is 10.1 Å². The van der Waals surface area contributed by atoms with E-state index in [1.165, 1.54) is 53.6 Å². The van der Waals surface area contributed by atoms with E-state index in [2.05, 4.69) is 0 Å². The fourth-order valence-electron chi connectivity index (χ4n) is 3.53. The fraction of sp³-hybridized carbons (Fsp3) is 0.0909. The highest BCUT2D eigenvalue weighted by molar-refractivity contribution is 6.46. The highest BCUT2D eigenvalue weighted by Crippen LogP contribution is 2.40. The number of carbonyl (C=O) groups is 2. The van der Waals surface area contributed by atoms with Crippen molar-refractivity contribution < 1.29 is 28.4 Å². The Morgan fingerprint density at radius 3 is 2.52 bits per heavy atom. The second kappa shape index (κ2) is 7.86. The number of Topliss-reactive ketones (excluding diaryl/α,β-unsaturated/α-hetero) is 1. The smallest absolute Gasteiger partial charge is 0.296 e. The van der Waals surface area contributed by atoms with Crippen molar-refractivity contribution in [3.8, 4) is 0 Å². The first-order valence-electron chi connectivity index (χ1n) is 9.18. The molecule has 0 spiro atoms. The lowest BCUT2D eigenvalue weighted by Gasteiger charge is -2.24. The Kier molecular flexibility index (Phi) is 5.08. The van der Waals surface area contributed by atoms with E-state index in [0.29, 0.717) is 11.3 Å². The molecule has 4 rings (SSSR count). The Hall–Kier alpha value is -4.27. The largest absolute Gasteiger partial charge is 0.507 e. The molecule has 1 fully saturated rings. The second-order valence-corrected chi connectivity index (χ2v) is 6.87. The third-order valence-corrected chi connectivity index (χ3v) is 4.96. The molecular formula is C22H15FN2O6. The molecule has 2 aromatic carbocycles. The summed E-state index contributed by atoms with van der Waals surface area (Å²) in [6.45, 7) is -0.0642. The molecule has 9 heteroatoms. The molecule has 1 unspecified atom stereocenters. The number of aliphatic hydroxyl groups is 1. The Bertz CT molecular complexity index is 1200. The van der Waals surface area contributed by atoms with Gasteiger partial charge in [-0.05, 0) is 29.8 Å². The summed E-state index contributed by atoms with van der Waals surface area (Å²) in [5.41, 5.74) is -0.132. The van der Waals surface area contributed by atoms with Crippen LogP contribution in [0.25, 0.3) is 5.76 Å². The van der Waals surface area contributed by atoms with Crippen LogP contribution in [0.1, 0.15) is 22.9 Å². The minimum atomic E-state index is -1.04. The number of aliphatic hydroxyl groups excluding tert-OH is 1. The van der Waals surface area contributed by atoms with Crippen molar-refractivity contribution in [2.45, 2.75) is 12.6 Å². The first kappa shape index (κ1) is 20.0. The molecule has 0 aliphatic carbocycles.